The summed E-state index contributed by atoms with van der Waals surface area (Å²) >= 11 is 24.6. The number of anilines is 1. The standard InChI is InChI=1S/C25H31Cl4N3O4S/c1-5-16(2)30-25(34)17(3)31(15-18-8-9-19(26)13-22(18)29)24(33)7-6-12-32(37(4,35)36)23-14-20(27)10-11-21(23)28/h8-11,13-14,16-17H,5-7,12,15H2,1-4H3,(H,30,34)/t16-,17+/m1/s1. The Balaban J connectivity index is 2.24. The molecule has 7 nitrogen and oxygen atoms in total. The summed E-state index contributed by atoms with van der Waals surface area (Å²) in [7, 11) is -3.71. The minimum Gasteiger partial charge on any atom is -0.352 e. The Kier molecular flexibility index (Phi) is 11.8. The minimum absolute atomic E-state index is 0.00633. The van der Waals surface area contributed by atoms with Crippen LogP contribution >= 0.6 is 46.4 Å². The molecule has 0 spiro atoms. The molecule has 0 radical (unpaired) electrons. The van der Waals surface area contributed by atoms with Crippen LogP contribution in [0.5, 0.6) is 0 Å². The quantitative estimate of drug-likeness (QED) is 0.311. The smallest absolute Gasteiger partial charge is 0.242 e. The molecule has 0 aromatic heterocycles. The molecule has 0 bridgehead atoms. The Morgan fingerprint density at radius 2 is 1.59 bits per heavy atom. The van der Waals surface area contributed by atoms with Gasteiger partial charge in [0.05, 0.1) is 17.0 Å². The van der Waals surface area contributed by atoms with E-state index in [9.17, 15) is 18.0 Å². The summed E-state index contributed by atoms with van der Waals surface area (Å²) in [6.45, 7) is 5.56. The number of benzene rings is 2. The number of carbonyl (C=O) groups excluding carboxylic acids is 2. The largest absolute Gasteiger partial charge is 0.352 e. The van der Waals surface area contributed by atoms with Gasteiger partial charge in [0.2, 0.25) is 21.8 Å². The van der Waals surface area contributed by atoms with E-state index in [1.165, 1.54) is 17.0 Å². The summed E-state index contributed by atoms with van der Waals surface area (Å²) in [6, 6.07) is 8.62. The van der Waals surface area contributed by atoms with Gasteiger partial charge in [0.15, 0.2) is 0 Å². The second-order valence-electron chi connectivity index (χ2n) is 8.79. The summed E-state index contributed by atoms with van der Waals surface area (Å²) in [6.07, 6.45) is 1.96. The van der Waals surface area contributed by atoms with Crippen LogP contribution < -0.4 is 9.62 Å². The highest BCUT2D eigenvalue weighted by atomic mass is 35.5. The van der Waals surface area contributed by atoms with Crippen molar-refractivity contribution in [3.8, 4) is 0 Å². The van der Waals surface area contributed by atoms with E-state index in [0.29, 0.717) is 20.6 Å². The molecule has 1 N–H and O–H groups in total. The molecule has 0 unspecified atom stereocenters. The van der Waals surface area contributed by atoms with Gasteiger partial charge in [0.1, 0.15) is 6.04 Å². The average molecular weight is 611 g/mol. The number of carbonyl (C=O) groups is 2. The van der Waals surface area contributed by atoms with Crippen LogP contribution in [0.2, 0.25) is 20.1 Å². The Morgan fingerprint density at radius 1 is 0.973 bits per heavy atom. The van der Waals surface area contributed by atoms with Crippen molar-refractivity contribution in [3.63, 3.8) is 0 Å². The van der Waals surface area contributed by atoms with Gasteiger partial charge in [0, 0.05) is 40.6 Å². The molecular formula is C25H31Cl4N3O4S. The number of nitrogens with zero attached hydrogens (tertiary/aromatic N) is 2. The molecule has 12 heteroatoms. The zero-order valence-electron chi connectivity index (χ0n) is 21.1. The van der Waals surface area contributed by atoms with Gasteiger partial charge in [-0.15, -0.1) is 0 Å². The van der Waals surface area contributed by atoms with Gasteiger partial charge in [-0.25, -0.2) is 8.42 Å². The van der Waals surface area contributed by atoms with E-state index >= 15 is 0 Å². The maximum absolute atomic E-state index is 13.4. The van der Waals surface area contributed by atoms with Gasteiger partial charge >= 0.3 is 0 Å². The lowest BCUT2D eigenvalue weighted by Crippen LogP contribution is -2.49. The summed E-state index contributed by atoms with van der Waals surface area (Å²) in [5.41, 5.74) is 0.862. The molecule has 0 aliphatic carbocycles. The summed E-state index contributed by atoms with van der Waals surface area (Å²) in [4.78, 5) is 27.7. The van der Waals surface area contributed by atoms with Crippen molar-refractivity contribution >= 4 is 73.9 Å². The number of rotatable bonds is 12. The zero-order valence-corrected chi connectivity index (χ0v) is 24.9. The summed E-state index contributed by atoms with van der Waals surface area (Å²) in [5.74, 6) is -0.625. The number of amides is 2. The highest BCUT2D eigenvalue weighted by Gasteiger charge is 2.28. The molecular weight excluding hydrogens is 580 g/mol. The first-order chi connectivity index (χ1) is 17.2. The Labute approximate surface area is 239 Å². The van der Waals surface area contributed by atoms with E-state index in [0.717, 1.165) is 17.0 Å². The fourth-order valence-corrected chi connectivity index (χ4v) is 5.41. The van der Waals surface area contributed by atoms with E-state index in [-0.39, 0.29) is 54.5 Å². The van der Waals surface area contributed by atoms with Crippen LogP contribution in [0.1, 0.15) is 45.6 Å². The monoisotopic (exact) mass is 609 g/mol. The fourth-order valence-electron chi connectivity index (χ4n) is 3.54. The van der Waals surface area contributed by atoms with Gasteiger partial charge in [0.25, 0.3) is 0 Å². The molecule has 2 atom stereocenters. The minimum atomic E-state index is -3.71. The average Bonchev–Trinajstić information content (AvgIpc) is 2.81. The van der Waals surface area contributed by atoms with Crippen molar-refractivity contribution < 1.29 is 18.0 Å². The summed E-state index contributed by atoms with van der Waals surface area (Å²) < 4.78 is 26.1. The van der Waals surface area contributed by atoms with Gasteiger partial charge < -0.3 is 10.2 Å². The number of nitrogens with one attached hydrogen (secondary N) is 1. The normalized spacial score (nSPS) is 13.1. The van der Waals surface area contributed by atoms with Crippen molar-refractivity contribution in [2.75, 3.05) is 17.1 Å². The Morgan fingerprint density at radius 3 is 2.19 bits per heavy atom. The van der Waals surface area contributed by atoms with Crippen molar-refractivity contribution in [1.82, 2.24) is 10.2 Å². The molecule has 0 fully saturated rings. The van der Waals surface area contributed by atoms with E-state index in [4.69, 9.17) is 46.4 Å². The first-order valence-corrected chi connectivity index (χ1v) is 15.1. The van der Waals surface area contributed by atoms with Crippen molar-refractivity contribution in [2.45, 2.75) is 58.7 Å². The van der Waals surface area contributed by atoms with Crippen LogP contribution in [-0.4, -0.2) is 50.0 Å². The van der Waals surface area contributed by atoms with E-state index in [1.807, 2.05) is 13.8 Å². The maximum Gasteiger partial charge on any atom is 0.242 e. The summed E-state index contributed by atoms with van der Waals surface area (Å²) in [5, 5.41) is 4.27. The van der Waals surface area contributed by atoms with Crippen LogP contribution in [-0.2, 0) is 26.2 Å². The molecule has 37 heavy (non-hydrogen) atoms. The van der Waals surface area contributed by atoms with Gasteiger partial charge in [-0.3, -0.25) is 13.9 Å². The number of sulfonamides is 1. The van der Waals surface area contributed by atoms with E-state index in [1.54, 1.807) is 31.2 Å². The Hall–Kier alpha value is -1.71. The number of hydrogen-bond acceptors (Lipinski definition) is 4. The molecule has 204 valence electrons. The first kappa shape index (κ1) is 31.5. The Bertz CT molecular complexity index is 1230. The predicted octanol–water partition coefficient (Wildman–Crippen LogP) is 6.18. The molecule has 0 saturated carbocycles. The second-order valence-corrected chi connectivity index (χ2v) is 12.4. The van der Waals surface area contributed by atoms with Crippen LogP contribution in [0.3, 0.4) is 0 Å². The van der Waals surface area contributed by atoms with Gasteiger partial charge in [-0.05, 0) is 62.6 Å². The van der Waals surface area contributed by atoms with Crippen molar-refractivity contribution in [3.05, 3.63) is 62.1 Å². The molecule has 0 aliphatic rings. The van der Waals surface area contributed by atoms with E-state index in [2.05, 4.69) is 5.32 Å². The molecule has 2 aromatic carbocycles. The topological polar surface area (TPSA) is 86.8 Å². The molecule has 0 heterocycles. The molecule has 0 saturated heterocycles. The lowest BCUT2D eigenvalue weighted by molar-refractivity contribution is -0.140. The van der Waals surface area contributed by atoms with Crippen LogP contribution in [0, 0.1) is 0 Å². The molecule has 2 amide bonds. The lowest BCUT2D eigenvalue weighted by Gasteiger charge is -2.30. The molecule has 2 aromatic rings. The fraction of sp³-hybridized carbons (Fsp3) is 0.440. The predicted molar refractivity (Wildman–Crippen MR) is 152 cm³/mol. The van der Waals surface area contributed by atoms with Crippen molar-refractivity contribution in [2.24, 2.45) is 0 Å². The number of halogens is 4. The van der Waals surface area contributed by atoms with Gasteiger partial charge in [-0.1, -0.05) is 59.4 Å². The SMILES string of the molecule is CC[C@@H](C)NC(=O)[C@H](C)N(Cc1ccc(Cl)cc1Cl)C(=O)CCCN(c1cc(Cl)ccc1Cl)S(C)(=O)=O. The lowest BCUT2D eigenvalue weighted by atomic mass is 10.1. The third-order valence-corrected chi connectivity index (χ3v) is 8.17. The third kappa shape index (κ3) is 9.21. The first-order valence-electron chi connectivity index (χ1n) is 11.7. The second kappa shape index (κ2) is 13.9. The van der Waals surface area contributed by atoms with Gasteiger partial charge in [-0.2, -0.15) is 0 Å². The number of hydrogen-bond donors (Lipinski definition) is 1. The molecule has 0 aliphatic heterocycles. The van der Waals surface area contributed by atoms with Crippen LogP contribution in [0.4, 0.5) is 5.69 Å². The highest BCUT2D eigenvalue weighted by molar-refractivity contribution is 7.92. The maximum atomic E-state index is 13.4. The van der Waals surface area contributed by atoms with Crippen LogP contribution in [0.15, 0.2) is 36.4 Å². The van der Waals surface area contributed by atoms with Crippen LogP contribution in [0.25, 0.3) is 0 Å². The zero-order chi connectivity index (χ0) is 27.9. The highest BCUT2D eigenvalue weighted by Crippen LogP contribution is 2.31. The third-order valence-electron chi connectivity index (χ3n) is 5.85. The van der Waals surface area contributed by atoms with Crippen molar-refractivity contribution in [1.29, 1.82) is 0 Å². The van der Waals surface area contributed by atoms with E-state index < -0.39 is 16.1 Å². The molecule has 2 rings (SSSR count).